The molecule has 0 aromatic carbocycles. The number of rotatable bonds is 8. The van der Waals surface area contributed by atoms with Gasteiger partial charge in [0.25, 0.3) is 0 Å². The van der Waals surface area contributed by atoms with Crippen molar-refractivity contribution in [3.8, 4) is 0 Å². The monoisotopic (exact) mass is 354 g/mol. The van der Waals surface area contributed by atoms with Crippen LogP contribution in [-0.4, -0.2) is 36.3 Å². The number of ether oxygens (including phenoxy) is 2. The second-order valence-electron chi connectivity index (χ2n) is 3.46. The summed E-state index contributed by atoms with van der Waals surface area (Å²) in [5, 5.41) is 10.6. The van der Waals surface area contributed by atoms with Gasteiger partial charge < -0.3 is 14.6 Å². The normalized spacial score (nSPS) is 14.4. The molecule has 102 valence electrons. The van der Waals surface area contributed by atoms with E-state index in [1.165, 1.54) is 23.1 Å². The predicted octanol–water partition coefficient (Wildman–Crippen LogP) is 3.46. The van der Waals surface area contributed by atoms with Crippen LogP contribution >= 0.6 is 39.0 Å². The molecule has 2 atom stereocenters. The molecular weight excluding hydrogens is 340 g/mol. The van der Waals surface area contributed by atoms with Gasteiger partial charge in [-0.25, -0.2) is 0 Å². The highest BCUT2D eigenvalue weighted by molar-refractivity contribution is 9.10. The smallest absolute Gasteiger partial charge is 0.317 e. The Bertz CT molecular complexity index is 383. The molecule has 4 nitrogen and oxygen atoms in total. The van der Waals surface area contributed by atoms with Gasteiger partial charge in [0, 0.05) is 11.6 Å². The lowest BCUT2D eigenvalue weighted by Crippen LogP contribution is -2.20. The van der Waals surface area contributed by atoms with Crippen LogP contribution in [0.2, 0.25) is 0 Å². The third kappa shape index (κ3) is 5.27. The minimum atomic E-state index is -0.825. The minimum Gasteiger partial charge on any atom is -0.480 e. The van der Waals surface area contributed by atoms with E-state index in [1.54, 1.807) is 14.0 Å². The number of carbonyl (C=O) groups is 1. The summed E-state index contributed by atoms with van der Waals surface area (Å²) >= 11 is 6.26. The van der Waals surface area contributed by atoms with E-state index < -0.39 is 11.2 Å². The van der Waals surface area contributed by atoms with Crippen molar-refractivity contribution in [3.05, 3.63) is 15.9 Å². The summed E-state index contributed by atoms with van der Waals surface area (Å²) < 4.78 is 12.2. The average molecular weight is 355 g/mol. The first kappa shape index (κ1) is 16.0. The van der Waals surface area contributed by atoms with Crippen molar-refractivity contribution in [1.29, 1.82) is 0 Å². The van der Waals surface area contributed by atoms with Crippen LogP contribution in [0.4, 0.5) is 0 Å². The fraction of sp³-hybridized carbons (Fsp3) is 0.545. The zero-order chi connectivity index (χ0) is 13.5. The molecule has 0 amide bonds. The maximum atomic E-state index is 11.2. The van der Waals surface area contributed by atoms with Gasteiger partial charge in [-0.2, -0.15) is 0 Å². The summed E-state index contributed by atoms with van der Waals surface area (Å²) in [4.78, 5) is 11.2. The van der Waals surface area contributed by atoms with Crippen molar-refractivity contribution < 1.29 is 19.4 Å². The van der Waals surface area contributed by atoms with Crippen molar-refractivity contribution in [2.75, 3.05) is 13.7 Å². The number of halogens is 1. The number of thioether (sulfide) groups is 1. The maximum absolute atomic E-state index is 11.2. The van der Waals surface area contributed by atoms with Gasteiger partial charge in [-0.3, -0.25) is 4.79 Å². The van der Waals surface area contributed by atoms with E-state index in [-0.39, 0.29) is 6.29 Å². The largest absolute Gasteiger partial charge is 0.480 e. The van der Waals surface area contributed by atoms with E-state index in [9.17, 15) is 4.79 Å². The summed E-state index contributed by atoms with van der Waals surface area (Å²) in [5.41, 5.74) is 0. The molecule has 1 heterocycles. The van der Waals surface area contributed by atoms with Gasteiger partial charge in [-0.1, -0.05) is 11.8 Å². The highest BCUT2D eigenvalue weighted by Crippen LogP contribution is 2.36. The lowest BCUT2D eigenvalue weighted by molar-refractivity contribution is -0.138. The minimum absolute atomic E-state index is 0.307. The number of carboxylic acid groups (broad SMARTS) is 1. The Morgan fingerprint density at radius 2 is 2.39 bits per heavy atom. The highest BCUT2D eigenvalue weighted by Gasteiger charge is 2.21. The number of thiophene rings is 1. The number of hydrogen-bond acceptors (Lipinski definition) is 5. The summed E-state index contributed by atoms with van der Waals surface area (Å²) in [6, 6.07) is 1.91. The van der Waals surface area contributed by atoms with Gasteiger partial charge in [0.05, 0.1) is 10.8 Å². The van der Waals surface area contributed by atoms with E-state index in [4.69, 9.17) is 14.6 Å². The maximum Gasteiger partial charge on any atom is 0.317 e. The lowest BCUT2D eigenvalue weighted by Gasteiger charge is -2.14. The van der Waals surface area contributed by atoms with Gasteiger partial charge in [0.1, 0.15) is 5.25 Å². The third-order valence-corrected chi connectivity index (χ3v) is 5.80. The molecule has 1 rings (SSSR count). The molecule has 0 aliphatic rings. The molecule has 0 spiro atoms. The molecule has 0 bridgehead atoms. The Hall–Kier alpha value is -0.0800. The summed E-state index contributed by atoms with van der Waals surface area (Å²) in [6.07, 6.45) is 0.135. The first-order valence-corrected chi connectivity index (χ1v) is 7.86. The highest BCUT2D eigenvalue weighted by atomic mass is 79.9. The van der Waals surface area contributed by atoms with E-state index in [1.807, 2.05) is 11.4 Å². The molecule has 1 aromatic heterocycles. The number of carboxylic acids is 1. The summed E-state index contributed by atoms with van der Waals surface area (Å²) in [6.45, 7) is 2.14. The van der Waals surface area contributed by atoms with E-state index in [0.717, 1.165) is 8.68 Å². The van der Waals surface area contributed by atoms with E-state index in [0.29, 0.717) is 13.0 Å². The van der Waals surface area contributed by atoms with Crippen molar-refractivity contribution in [2.45, 2.75) is 29.1 Å². The molecular formula is C11H15BrO4S2. The lowest BCUT2D eigenvalue weighted by atomic mass is 10.3. The van der Waals surface area contributed by atoms with Crippen molar-refractivity contribution >= 4 is 45.0 Å². The van der Waals surface area contributed by atoms with Gasteiger partial charge in [-0.15, -0.1) is 11.3 Å². The summed E-state index contributed by atoms with van der Waals surface area (Å²) in [7, 11) is 1.55. The molecule has 0 fully saturated rings. The molecule has 2 unspecified atom stereocenters. The molecule has 0 aliphatic carbocycles. The zero-order valence-corrected chi connectivity index (χ0v) is 13.3. The van der Waals surface area contributed by atoms with Crippen LogP contribution in [0.15, 0.2) is 20.1 Å². The Kier molecular flexibility index (Phi) is 7.25. The van der Waals surface area contributed by atoms with Crippen LogP contribution in [0.3, 0.4) is 0 Å². The fourth-order valence-electron chi connectivity index (χ4n) is 1.14. The van der Waals surface area contributed by atoms with Gasteiger partial charge in [0.2, 0.25) is 0 Å². The fourth-order valence-corrected chi connectivity index (χ4v) is 4.00. The van der Waals surface area contributed by atoms with Crippen molar-refractivity contribution in [1.82, 2.24) is 0 Å². The second kappa shape index (κ2) is 8.16. The van der Waals surface area contributed by atoms with Crippen LogP contribution in [0, 0.1) is 0 Å². The first-order valence-electron chi connectivity index (χ1n) is 5.31. The zero-order valence-electron chi connectivity index (χ0n) is 10.1. The Labute approximate surface area is 123 Å². The van der Waals surface area contributed by atoms with E-state index in [2.05, 4.69) is 15.9 Å². The van der Waals surface area contributed by atoms with Crippen LogP contribution in [0.5, 0.6) is 0 Å². The Balaban J connectivity index is 2.46. The van der Waals surface area contributed by atoms with Crippen LogP contribution in [0.1, 0.15) is 13.3 Å². The second-order valence-corrected chi connectivity index (χ2v) is 6.71. The molecule has 0 saturated carbocycles. The van der Waals surface area contributed by atoms with Crippen LogP contribution in [0.25, 0.3) is 0 Å². The molecule has 1 aromatic rings. The number of methoxy groups -OCH3 is 1. The molecule has 0 saturated heterocycles. The first-order chi connectivity index (χ1) is 8.54. The number of hydrogen-bond donors (Lipinski definition) is 1. The third-order valence-electron chi connectivity index (χ3n) is 2.17. The van der Waals surface area contributed by atoms with Crippen molar-refractivity contribution in [2.24, 2.45) is 0 Å². The Morgan fingerprint density at radius 1 is 1.67 bits per heavy atom. The molecule has 0 aliphatic heterocycles. The van der Waals surface area contributed by atoms with Crippen LogP contribution < -0.4 is 0 Å². The quantitative estimate of drug-likeness (QED) is 0.572. The Morgan fingerprint density at radius 3 is 2.89 bits per heavy atom. The average Bonchev–Trinajstić information content (AvgIpc) is 2.73. The predicted molar refractivity (Wildman–Crippen MR) is 76.3 cm³/mol. The van der Waals surface area contributed by atoms with Gasteiger partial charge in [0.15, 0.2) is 6.29 Å². The SMILES string of the molecule is COC(C)OCCC(Sc1sccc1Br)C(=O)O. The van der Waals surface area contributed by atoms with Crippen LogP contribution in [-0.2, 0) is 14.3 Å². The van der Waals surface area contributed by atoms with Crippen molar-refractivity contribution in [3.63, 3.8) is 0 Å². The van der Waals surface area contributed by atoms with Gasteiger partial charge >= 0.3 is 5.97 Å². The standard InChI is InChI=1S/C11H15BrO4S2/c1-7(15-2)16-5-3-9(10(13)14)18-11-8(12)4-6-17-11/h4,6-7,9H,3,5H2,1-2H3,(H,13,14). The molecule has 7 heteroatoms. The van der Waals surface area contributed by atoms with E-state index >= 15 is 0 Å². The summed E-state index contributed by atoms with van der Waals surface area (Å²) in [5.74, 6) is -0.825. The molecule has 0 radical (unpaired) electrons. The van der Waals surface area contributed by atoms with Gasteiger partial charge in [-0.05, 0) is 40.7 Å². The molecule has 1 N–H and O–H groups in total. The number of aliphatic carboxylic acids is 1. The molecule has 18 heavy (non-hydrogen) atoms. The topological polar surface area (TPSA) is 55.8 Å².